The summed E-state index contributed by atoms with van der Waals surface area (Å²) in [6, 6.07) is 5.99. The molecule has 1 aromatic heterocycles. The van der Waals surface area contributed by atoms with E-state index in [0.29, 0.717) is 15.6 Å². The van der Waals surface area contributed by atoms with Crippen LogP contribution in [-0.4, -0.2) is 21.0 Å². The average molecular weight is 332 g/mol. The maximum Gasteiger partial charge on any atom is 0.273 e. The molecule has 0 spiro atoms. The van der Waals surface area contributed by atoms with Gasteiger partial charge in [0.25, 0.3) is 11.6 Å². The molecular weight excluding hydrogens is 324 g/mol. The van der Waals surface area contributed by atoms with Gasteiger partial charge in [-0.2, -0.15) is 0 Å². The Bertz CT molecular complexity index is 801. The molecule has 0 aliphatic carbocycles. The molecule has 9 heteroatoms. The number of hydrogen-bond acceptors (Lipinski definition) is 7. The van der Waals surface area contributed by atoms with Gasteiger partial charge in [-0.15, -0.1) is 11.3 Å². The van der Waals surface area contributed by atoms with Crippen LogP contribution in [0.2, 0.25) is 0 Å². The van der Waals surface area contributed by atoms with Crippen LogP contribution in [0.4, 0.5) is 10.8 Å². The van der Waals surface area contributed by atoms with E-state index in [1.165, 1.54) is 28.4 Å². The maximum absolute atomic E-state index is 12.4. The van der Waals surface area contributed by atoms with E-state index in [2.05, 4.69) is 4.98 Å². The molecule has 110 valence electrons. The second-order valence-corrected chi connectivity index (χ2v) is 6.13. The molecule has 7 nitrogen and oxygen atoms in total. The van der Waals surface area contributed by atoms with Crippen LogP contribution in [0, 0.1) is 15.5 Å². The Hall–Kier alpha value is -2.52. The fraction of sp³-hybridized carbons (Fsp3) is 0. The predicted octanol–water partition coefficient (Wildman–Crippen LogP) is 3.11. The van der Waals surface area contributed by atoms with Crippen LogP contribution < -0.4 is 4.90 Å². The third-order valence-corrected chi connectivity index (χ3v) is 4.46. The number of nitro benzene ring substituents is 1. The number of carbonyl (C=O) groups is 1. The van der Waals surface area contributed by atoms with Gasteiger partial charge in [0.05, 0.1) is 9.83 Å². The lowest BCUT2D eigenvalue weighted by molar-refractivity contribution is -0.384. The summed E-state index contributed by atoms with van der Waals surface area (Å²) in [4.78, 5) is 28.2. The summed E-state index contributed by atoms with van der Waals surface area (Å²) >= 11 is 2.27. The predicted molar refractivity (Wildman–Crippen MR) is 86.0 cm³/mol. The van der Waals surface area contributed by atoms with E-state index in [1.807, 2.05) is 0 Å². The fourth-order valence-electron chi connectivity index (χ4n) is 1.87. The van der Waals surface area contributed by atoms with E-state index in [-0.39, 0.29) is 16.8 Å². The minimum Gasteiger partial charge on any atom is -0.278 e. The average Bonchev–Trinajstić information content (AvgIpc) is 3.08. The number of nitrogens with zero attached hydrogens (tertiary/aromatic N) is 3. The van der Waals surface area contributed by atoms with E-state index >= 15 is 0 Å². The van der Waals surface area contributed by atoms with Crippen LogP contribution in [0.25, 0.3) is 6.08 Å². The minimum atomic E-state index is -0.491. The van der Waals surface area contributed by atoms with Crippen molar-refractivity contribution in [3.05, 3.63) is 56.4 Å². The molecule has 2 heterocycles. The van der Waals surface area contributed by atoms with Crippen LogP contribution in [0.1, 0.15) is 5.56 Å². The highest BCUT2D eigenvalue weighted by molar-refractivity contribution is 8.19. The molecule has 0 saturated carbocycles. The number of aromatic nitrogens is 1. The maximum atomic E-state index is 12.4. The van der Waals surface area contributed by atoms with E-state index in [9.17, 15) is 14.9 Å². The Labute approximate surface area is 132 Å². The second kappa shape index (κ2) is 5.70. The highest BCUT2D eigenvalue weighted by atomic mass is 32.2. The molecule has 0 atom stereocenters. The molecule has 1 saturated heterocycles. The monoisotopic (exact) mass is 332 g/mol. The zero-order valence-electron chi connectivity index (χ0n) is 10.9. The normalized spacial score (nSPS) is 16.5. The summed E-state index contributed by atoms with van der Waals surface area (Å²) in [5.74, 6) is -0.351. The van der Waals surface area contributed by atoms with Crippen LogP contribution in [0.15, 0.2) is 40.7 Å². The van der Waals surface area contributed by atoms with Crippen molar-refractivity contribution in [3.63, 3.8) is 0 Å². The molecule has 0 bridgehead atoms. The van der Waals surface area contributed by atoms with E-state index in [1.54, 1.807) is 29.8 Å². The summed E-state index contributed by atoms with van der Waals surface area (Å²) in [5.41, 5.74) is 0.496. The molecule has 1 fully saturated rings. The molecule has 22 heavy (non-hydrogen) atoms. The number of anilines is 1. The van der Waals surface area contributed by atoms with Crippen molar-refractivity contribution in [3.8, 4) is 0 Å². The van der Waals surface area contributed by atoms with Gasteiger partial charge in [0, 0.05) is 23.7 Å². The van der Waals surface area contributed by atoms with Crippen molar-refractivity contribution in [2.24, 2.45) is 0 Å². The van der Waals surface area contributed by atoms with Crippen molar-refractivity contribution in [2.75, 3.05) is 4.90 Å². The molecule has 1 aliphatic rings. The Morgan fingerprint density at radius 2 is 2.23 bits per heavy atom. The molecule has 1 aromatic carbocycles. The number of carbonyl (C=O) groups excluding carboxylic acids is 1. The lowest BCUT2D eigenvalue weighted by Crippen LogP contribution is -2.27. The van der Waals surface area contributed by atoms with Crippen LogP contribution in [0.5, 0.6) is 0 Å². The standard InChI is InChI=1S/C13H8N4O3S2/c14-12-16(13-15-4-5-21-13)11(18)10(22-12)7-8-2-1-3-9(6-8)17(19)20/h1-7,14H/b10-7-,14-12?. The fourth-order valence-corrected chi connectivity index (χ4v) is 3.41. The molecule has 3 rings (SSSR count). The molecule has 1 N–H and O–H groups in total. The van der Waals surface area contributed by atoms with Crippen molar-refractivity contribution < 1.29 is 9.72 Å². The first-order valence-electron chi connectivity index (χ1n) is 6.03. The molecule has 1 amide bonds. The van der Waals surface area contributed by atoms with E-state index < -0.39 is 4.92 Å². The second-order valence-electron chi connectivity index (χ2n) is 4.22. The first kappa shape index (κ1) is 14.4. The number of non-ortho nitro benzene ring substituents is 1. The number of thioether (sulfide) groups is 1. The molecule has 0 radical (unpaired) electrons. The van der Waals surface area contributed by atoms with Gasteiger partial charge in [-0.05, 0) is 23.4 Å². The van der Waals surface area contributed by atoms with Gasteiger partial charge in [-0.25, -0.2) is 9.88 Å². The quantitative estimate of drug-likeness (QED) is 0.529. The van der Waals surface area contributed by atoms with Crippen molar-refractivity contribution in [1.82, 2.24) is 4.98 Å². The van der Waals surface area contributed by atoms with Crippen molar-refractivity contribution in [2.45, 2.75) is 0 Å². The summed E-state index contributed by atoms with van der Waals surface area (Å²) in [7, 11) is 0. The summed E-state index contributed by atoms with van der Waals surface area (Å²) in [6.45, 7) is 0. The lowest BCUT2D eigenvalue weighted by Gasteiger charge is -2.08. The van der Waals surface area contributed by atoms with Crippen LogP contribution in [0.3, 0.4) is 0 Å². The third-order valence-electron chi connectivity index (χ3n) is 2.81. The van der Waals surface area contributed by atoms with Gasteiger partial charge in [0.1, 0.15) is 0 Å². The number of thiazole rings is 1. The molecule has 0 unspecified atom stereocenters. The number of benzene rings is 1. The molecular formula is C13H8N4O3S2. The topological polar surface area (TPSA) is 100 Å². The smallest absolute Gasteiger partial charge is 0.273 e. The number of hydrogen-bond donors (Lipinski definition) is 1. The Morgan fingerprint density at radius 1 is 1.41 bits per heavy atom. The van der Waals surface area contributed by atoms with E-state index in [0.717, 1.165) is 11.8 Å². The number of nitrogens with one attached hydrogen (secondary N) is 1. The largest absolute Gasteiger partial charge is 0.278 e. The Morgan fingerprint density at radius 3 is 2.91 bits per heavy atom. The molecule has 1 aliphatic heterocycles. The summed E-state index contributed by atoms with van der Waals surface area (Å²) < 4.78 is 0. The van der Waals surface area contributed by atoms with Gasteiger partial charge in [0.2, 0.25) is 0 Å². The van der Waals surface area contributed by atoms with Gasteiger partial charge in [-0.3, -0.25) is 20.3 Å². The number of amides is 1. The van der Waals surface area contributed by atoms with E-state index in [4.69, 9.17) is 5.41 Å². The van der Waals surface area contributed by atoms with Crippen molar-refractivity contribution in [1.29, 1.82) is 5.41 Å². The Balaban J connectivity index is 1.93. The highest BCUT2D eigenvalue weighted by Crippen LogP contribution is 2.36. The first-order valence-corrected chi connectivity index (χ1v) is 7.72. The van der Waals surface area contributed by atoms with Crippen LogP contribution in [-0.2, 0) is 4.79 Å². The van der Waals surface area contributed by atoms with Gasteiger partial charge < -0.3 is 0 Å². The van der Waals surface area contributed by atoms with Gasteiger partial charge >= 0.3 is 0 Å². The number of amidine groups is 1. The first-order chi connectivity index (χ1) is 10.6. The van der Waals surface area contributed by atoms with Crippen LogP contribution >= 0.6 is 23.1 Å². The van der Waals surface area contributed by atoms with Crippen molar-refractivity contribution >= 4 is 51.1 Å². The summed E-state index contributed by atoms with van der Waals surface area (Å²) in [5, 5.41) is 20.9. The third kappa shape index (κ3) is 2.63. The number of rotatable bonds is 3. The lowest BCUT2D eigenvalue weighted by atomic mass is 10.2. The number of nitro groups is 1. The highest BCUT2D eigenvalue weighted by Gasteiger charge is 2.35. The summed E-state index contributed by atoms with van der Waals surface area (Å²) in [6.07, 6.45) is 3.11. The Kier molecular flexibility index (Phi) is 3.73. The minimum absolute atomic E-state index is 0.0448. The zero-order chi connectivity index (χ0) is 15.7. The van der Waals surface area contributed by atoms with Gasteiger partial charge in [-0.1, -0.05) is 12.1 Å². The molecule has 2 aromatic rings. The van der Waals surface area contributed by atoms with Gasteiger partial charge in [0.15, 0.2) is 10.3 Å². The SMILES string of the molecule is N=C1S/C(=C\c2cccc([N+](=O)[O-])c2)C(=O)N1c1nccs1. The zero-order valence-corrected chi connectivity index (χ0v) is 12.6.